The summed E-state index contributed by atoms with van der Waals surface area (Å²) in [6.45, 7) is 14.3. The summed E-state index contributed by atoms with van der Waals surface area (Å²) in [5.74, 6) is 1.02. The molecule has 0 aliphatic carbocycles. The van der Waals surface area contributed by atoms with Gasteiger partial charge in [0.05, 0.1) is 6.54 Å². The maximum atomic E-state index is 5.91. The zero-order valence-electron chi connectivity index (χ0n) is 11.5. The van der Waals surface area contributed by atoms with Gasteiger partial charge in [0.2, 0.25) is 0 Å². The van der Waals surface area contributed by atoms with Crippen LogP contribution in [0.3, 0.4) is 0 Å². The lowest BCUT2D eigenvalue weighted by Crippen LogP contribution is -2.85. The molecule has 18 heavy (non-hydrogen) atoms. The Morgan fingerprint density at radius 1 is 1.22 bits per heavy atom. The number of aryl methyl sites for hydroxylation is 2. The molecule has 1 aromatic rings. The van der Waals surface area contributed by atoms with Gasteiger partial charge in [-0.3, -0.25) is 0 Å². The largest absolute Gasteiger partial charge is 0.487 e. The predicted octanol–water partition coefficient (Wildman–Crippen LogP) is 2.16. The Kier molecular flexibility index (Phi) is 6.23. The Balaban J connectivity index is 2.67. The fourth-order valence-corrected chi connectivity index (χ4v) is 2.04. The second kappa shape index (κ2) is 7.72. The molecule has 0 radical (unpaired) electrons. The third-order valence-corrected chi connectivity index (χ3v) is 2.76. The van der Waals surface area contributed by atoms with Crippen molar-refractivity contribution >= 4 is 0 Å². The molecule has 98 valence electrons. The Morgan fingerprint density at radius 2 is 2.00 bits per heavy atom. The van der Waals surface area contributed by atoms with Crippen LogP contribution < -0.4 is 10.1 Å². The first-order valence-electron chi connectivity index (χ1n) is 6.45. The molecule has 0 unspecified atom stereocenters. The second-order valence-electron chi connectivity index (χ2n) is 4.51. The molecule has 0 spiro atoms. The number of hydrogen-bond acceptors (Lipinski definition) is 1. The maximum absolute atomic E-state index is 5.91. The first kappa shape index (κ1) is 14.5. The van der Waals surface area contributed by atoms with E-state index in [1.54, 1.807) is 0 Å². The molecule has 0 aromatic heterocycles. The minimum Gasteiger partial charge on any atom is -0.487 e. The third kappa shape index (κ3) is 4.38. The van der Waals surface area contributed by atoms with E-state index < -0.39 is 0 Å². The van der Waals surface area contributed by atoms with Crippen LogP contribution in [0.2, 0.25) is 0 Å². The van der Waals surface area contributed by atoms with Crippen molar-refractivity contribution in [2.24, 2.45) is 0 Å². The van der Waals surface area contributed by atoms with Crippen molar-refractivity contribution < 1.29 is 10.1 Å². The Bertz CT molecular complexity index is 410. The first-order chi connectivity index (χ1) is 8.69. The van der Waals surface area contributed by atoms with E-state index in [1.807, 2.05) is 12.2 Å². The highest BCUT2D eigenvalue weighted by molar-refractivity contribution is 5.44. The van der Waals surface area contributed by atoms with Gasteiger partial charge < -0.3 is 10.1 Å². The number of ether oxygens (including phenoxy) is 1. The summed E-state index contributed by atoms with van der Waals surface area (Å²) < 4.78 is 5.91. The number of allylic oxidation sites excluding steroid dienone is 1. The minimum absolute atomic E-state index is 0.724. The summed E-state index contributed by atoms with van der Waals surface area (Å²) in [4.78, 5) is 0. The Labute approximate surface area is 110 Å². The fraction of sp³-hybridized carbons (Fsp3) is 0.375. The zero-order chi connectivity index (χ0) is 13.4. The summed E-state index contributed by atoms with van der Waals surface area (Å²) >= 11 is 0. The van der Waals surface area contributed by atoms with E-state index in [9.17, 15) is 0 Å². The molecule has 1 rings (SSSR count). The van der Waals surface area contributed by atoms with E-state index in [2.05, 4.69) is 44.5 Å². The second-order valence-corrected chi connectivity index (χ2v) is 4.51. The quantitative estimate of drug-likeness (QED) is 0.552. The normalized spacial score (nSPS) is 10.1. The summed E-state index contributed by atoms with van der Waals surface area (Å²) in [6, 6.07) is 4.34. The number of quaternary nitrogens is 1. The van der Waals surface area contributed by atoms with E-state index >= 15 is 0 Å². The van der Waals surface area contributed by atoms with Gasteiger partial charge in [-0.15, -0.1) is 6.58 Å². The number of hydrogen-bond donors (Lipinski definition) is 1. The van der Waals surface area contributed by atoms with Crippen molar-refractivity contribution in [1.82, 2.24) is 0 Å². The van der Waals surface area contributed by atoms with Crippen LogP contribution in [0.25, 0.3) is 0 Å². The van der Waals surface area contributed by atoms with Gasteiger partial charge in [0, 0.05) is 0 Å². The van der Waals surface area contributed by atoms with Crippen LogP contribution in [0.15, 0.2) is 37.4 Å². The molecule has 0 bridgehead atoms. The average Bonchev–Trinajstić information content (AvgIpc) is 2.32. The lowest BCUT2D eigenvalue weighted by Gasteiger charge is -2.14. The first-order valence-corrected chi connectivity index (χ1v) is 6.45. The molecule has 0 saturated carbocycles. The van der Waals surface area contributed by atoms with Crippen LogP contribution in [0.4, 0.5) is 0 Å². The van der Waals surface area contributed by atoms with Gasteiger partial charge in [0.15, 0.2) is 0 Å². The van der Waals surface area contributed by atoms with E-state index in [1.165, 1.54) is 16.7 Å². The molecule has 0 saturated heterocycles. The van der Waals surface area contributed by atoms with Crippen molar-refractivity contribution in [3.05, 3.63) is 54.1 Å². The summed E-state index contributed by atoms with van der Waals surface area (Å²) in [5.41, 5.74) is 3.71. The summed E-state index contributed by atoms with van der Waals surface area (Å²) in [7, 11) is 0. The molecular formula is C16H24NO+. The third-order valence-electron chi connectivity index (χ3n) is 2.76. The van der Waals surface area contributed by atoms with Crippen LogP contribution in [-0.2, 0) is 6.42 Å². The van der Waals surface area contributed by atoms with Gasteiger partial charge in [-0.25, -0.2) is 0 Å². The van der Waals surface area contributed by atoms with E-state index in [4.69, 9.17) is 4.74 Å². The smallest absolute Gasteiger partial charge is 0.137 e. The zero-order valence-corrected chi connectivity index (χ0v) is 11.5. The van der Waals surface area contributed by atoms with Gasteiger partial charge in [-0.05, 0) is 37.5 Å². The van der Waals surface area contributed by atoms with Crippen LogP contribution in [0.5, 0.6) is 5.75 Å². The van der Waals surface area contributed by atoms with Crippen LogP contribution in [0.1, 0.15) is 16.7 Å². The summed E-state index contributed by atoms with van der Waals surface area (Å²) in [5, 5.41) is 2.18. The highest BCUT2D eigenvalue weighted by Gasteiger charge is 2.07. The summed E-state index contributed by atoms with van der Waals surface area (Å²) in [6.07, 6.45) is 4.68. The molecular weight excluding hydrogens is 222 g/mol. The predicted molar refractivity (Wildman–Crippen MR) is 77.2 cm³/mol. The van der Waals surface area contributed by atoms with E-state index in [0.29, 0.717) is 0 Å². The van der Waals surface area contributed by atoms with Crippen molar-refractivity contribution in [2.45, 2.75) is 20.3 Å². The van der Waals surface area contributed by atoms with Crippen LogP contribution in [-0.4, -0.2) is 19.7 Å². The number of benzene rings is 1. The van der Waals surface area contributed by atoms with Crippen molar-refractivity contribution in [1.29, 1.82) is 0 Å². The van der Waals surface area contributed by atoms with Gasteiger partial charge >= 0.3 is 0 Å². The van der Waals surface area contributed by atoms with E-state index in [-0.39, 0.29) is 0 Å². The van der Waals surface area contributed by atoms with E-state index in [0.717, 1.165) is 31.9 Å². The minimum atomic E-state index is 0.724. The Morgan fingerprint density at radius 3 is 2.67 bits per heavy atom. The van der Waals surface area contributed by atoms with Crippen LogP contribution in [0, 0.1) is 13.8 Å². The van der Waals surface area contributed by atoms with Crippen LogP contribution >= 0.6 is 0 Å². The highest BCUT2D eigenvalue weighted by atomic mass is 16.5. The topological polar surface area (TPSA) is 25.8 Å². The molecule has 2 nitrogen and oxygen atoms in total. The molecule has 0 fully saturated rings. The fourth-order valence-electron chi connectivity index (χ4n) is 2.04. The van der Waals surface area contributed by atoms with Gasteiger partial charge in [0.25, 0.3) is 0 Å². The molecule has 1 aromatic carbocycles. The highest BCUT2D eigenvalue weighted by Crippen LogP contribution is 2.25. The number of nitrogens with two attached hydrogens (primary N) is 1. The SMILES string of the molecule is C=CC[NH2+]CCOc1c(C)cc(C)cc1CC=C. The molecule has 0 heterocycles. The molecule has 0 aliphatic heterocycles. The van der Waals surface area contributed by atoms with Crippen molar-refractivity contribution in [3.8, 4) is 5.75 Å². The van der Waals surface area contributed by atoms with Crippen molar-refractivity contribution in [3.63, 3.8) is 0 Å². The molecule has 0 atom stereocenters. The van der Waals surface area contributed by atoms with Crippen molar-refractivity contribution in [2.75, 3.05) is 19.7 Å². The lowest BCUT2D eigenvalue weighted by atomic mass is 10.0. The van der Waals surface area contributed by atoms with Gasteiger partial charge in [0.1, 0.15) is 18.9 Å². The van der Waals surface area contributed by atoms with Gasteiger partial charge in [-0.2, -0.15) is 0 Å². The standard InChI is InChI=1S/C16H23NO/c1-5-7-15-12-13(3)11-14(4)16(15)18-10-9-17-8-6-2/h5-6,11-12,17H,1-2,7-10H2,3-4H3/p+1. The lowest BCUT2D eigenvalue weighted by molar-refractivity contribution is -0.646. The maximum Gasteiger partial charge on any atom is 0.137 e. The number of rotatable bonds is 8. The molecule has 2 heteroatoms. The molecule has 2 N–H and O–H groups in total. The molecule has 0 aliphatic rings. The molecule has 0 amide bonds. The van der Waals surface area contributed by atoms with Gasteiger partial charge in [-0.1, -0.05) is 30.4 Å². The average molecular weight is 246 g/mol. The Hall–Kier alpha value is -1.54. The monoisotopic (exact) mass is 246 g/mol.